The lowest BCUT2D eigenvalue weighted by Crippen LogP contribution is -2.08. The summed E-state index contributed by atoms with van der Waals surface area (Å²) in [5.74, 6) is 0.835. The highest BCUT2D eigenvalue weighted by molar-refractivity contribution is 5.90. The molecule has 4 rings (SSSR count). The number of rotatable bonds is 6. The van der Waals surface area contributed by atoms with Crippen LogP contribution in [0.5, 0.6) is 5.75 Å². The lowest BCUT2D eigenvalue weighted by molar-refractivity contribution is 0.0474. The van der Waals surface area contributed by atoms with E-state index in [9.17, 15) is 9.59 Å². The Morgan fingerprint density at radius 2 is 1.69 bits per heavy atom. The van der Waals surface area contributed by atoms with E-state index in [0.29, 0.717) is 29.1 Å². The Bertz CT molecular complexity index is 1330. The predicted molar refractivity (Wildman–Crippen MR) is 118 cm³/mol. The van der Waals surface area contributed by atoms with Gasteiger partial charge in [0.05, 0.1) is 16.8 Å². The van der Waals surface area contributed by atoms with E-state index in [1.807, 2.05) is 39.8 Å². The number of benzene rings is 2. The number of fused-ring (bicyclic) bond motifs is 1. The first-order valence-corrected chi connectivity index (χ1v) is 10.2. The van der Waals surface area contributed by atoms with Crippen LogP contribution in [0, 0.1) is 27.7 Å². The van der Waals surface area contributed by atoms with Gasteiger partial charge in [0.2, 0.25) is 0 Å². The third-order valence-corrected chi connectivity index (χ3v) is 5.46. The minimum Gasteiger partial charge on any atom is -0.489 e. The number of carbonyl (C=O) groups is 1. The number of hydrogen-bond acceptors (Lipinski definition) is 7. The number of carbonyl (C=O) groups excluding carboxylic acids is 1. The van der Waals surface area contributed by atoms with E-state index in [1.54, 1.807) is 24.3 Å². The molecule has 0 saturated carbocycles. The summed E-state index contributed by atoms with van der Waals surface area (Å²) in [7, 11) is 0. The molecule has 0 amide bonds. The maximum atomic E-state index is 12.5. The van der Waals surface area contributed by atoms with Crippen LogP contribution in [0.15, 0.2) is 56.2 Å². The molecule has 4 aromatic rings. The molecule has 2 aromatic carbocycles. The first-order valence-electron chi connectivity index (χ1n) is 10.2. The van der Waals surface area contributed by atoms with Crippen molar-refractivity contribution in [1.29, 1.82) is 0 Å². The van der Waals surface area contributed by atoms with Gasteiger partial charge in [-0.25, -0.2) is 9.59 Å². The van der Waals surface area contributed by atoms with E-state index in [2.05, 4.69) is 5.16 Å². The Hall–Kier alpha value is -3.87. The van der Waals surface area contributed by atoms with Crippen molar-refractivity contribution in [3.63, 3.8) is 0 Å². The van der Waals surface area contributed by atoms with Crippen LogP contribution in [-0.2, 0) is 18.0 Å². The molecule has 0 fully saturated rings. The van der Waals surface area contributed by atoms with Gasteiger partial charge in [-0.3, -0.25) is 0 Å². The minimum atomic E-state index is -0.493. The molecule has 2 heterocycles. The highest BCUT2D eigenvalue weighted by atomic mass is 16.5. The summed E-state index contributed by atoms with van der Waals surface area (Å²) < 4.78 is 21.6. The van der Waals surface area contributed by atoms with Crippen molar-refractivity contribution < 1.29 is 23.2 Å². The first kappa shape index (κ1) is 21.4. The average molecular weight is 433 g/mol. The van der Waals surface area contributed by atoms with E-state index in [1.165, 1.54) is 6.07 Å². The molecule has 0 N–H and O–H groups in total. The smallest absolute Gasteiger partial charge is 0.338 e. The van der Waals surface area contributed by atoms with Gasteiger partial charge in [-0.2, -0.15) is 0 Å². The molecule has 0 bridgehead atoms. The van der Waals surface area contributed by atoms with E-state index >= 15 is 0 Å². The topological polar surface area (TPSA) is 91.8 Å². The van der Waals surface area contributed by atoms with Crippen molar-refractivity contribution >= 4 is 16.9 Å². The van der Waals surface area contributed by atoms with Crippen LogP contribution in [0.25, 0.3) is 11.0 Å². The van der Waals surface area contributed by atoms with Crippen LogP contribution >= 0.6 is 0 Å². The molecule has 0 radical (unpaired) electrons. The van der Waals surface area contributed by atoms with Gasteiger partial charge in [0.25, 0.3) is 0 Å². The van der Waals surface area contributed by atoms with Gasteiger partial charge >= 0.3 is 11.6 Å². The summed E-state index contributed by atoms with van der Waals surface area (Å²) in [6.45, 7) is 7.91. The highest BCUT2D eigenvalue weighted by Crippen LogP contribution is 2.23. The summed E-state index contributed by atoms with van der Waals surface area (Å²) in [6.07, 6.45) is 0. The standard InChI is InChI=1S/C25H23NO6/c1-14-9-21-19(11-24(27)31-23(21)10-15(14)2)12-30-25(28)18-5-7-20(8-6-18)29-13-22-16(3)26-32-17(22)4/h5-11H,12-13H2,1-4H3. The van der Waals surface area contributed by atoms with Crippen LogP contribution < -0.4 is 10.4 Å². The van der Waals surface area contributed by atoms with Gasteiger partial charge in [-0.05, 0) is 75.2 Å². The predicted octanol–water partition coefficient (Wildman–Crippen LogP) is 4.95. The van der Waals surface area contributed by atoms with Gasteiger partial charge < -0.3 is 18.4 Å². The Morgan fingerprint density at radius 3 is 2.38 bits per heavy atom. The number of hydrogen-bond donors (Lipinski definition) is 0. The zero-order valence-corrected chi connectivity index (χ0v) is 18.4. The van der Waals surface area contributed by atoms with Crippen LogP contribution in [0.4, 0.5) is 0 Å². The molecule has 0 atom stereocenters. The van der Waals surface area contributed by atoms with Crippen molar-refractivity contribution in [2.45, 2.75) is 40.9 Å². The van der Waals surface area contributed by atoms with Crippen LogP contribution in [0.3, 0.4) is 0 Å². The Balaban J connectivity index is 1.43. The molecule has 0 unspecified atom stereocenters. The SMILES string of the molecule is Cc1cc2oc(=O)cc(COC(=O)c3ccc(OCc4c(C)noc4C)cc3)c2cc1C. The monoisotopic (exact) mass is 433 g/mol. The second-order valence-corrected chi connectivity index (χ2v) is 7.72. The van der Waals surface area contributed by atoms with E-state index in [0.717, 1.165) is 33.5 Å². The molecule has 2 aromatic heterocycles. The largest absolute Gasteiger partial charge is 0.489 e. The van der Waals surface area contributed by atoms with Crippen molar-refractivity contribution in [2.24, 2.45) is 0 Å². The van der Waals surface area contributed by atoms with Crippen molar-refractivity contribution in [3.05, 3.63) is 92.2 Å². The normalized spacial score (nSPS) is 11.0. The number of esters is 1. The molecule has 164 valence electrons. The summed E-state index contributed by atoms with van der Waals surface area (Å²) in [5.41, 5.74) is 4.76. The lowest BCUT2D eigenvalue weighted by atomic mass is 10.0. The third-order valence-electron chi connectivity index (χ3n) is 5.46. The molecule has 0 aliphatic rings. The summed E-state index contributed by atoms with van der Waals surface area (Å²) >= 11 is 0. The van der Waals surface area contributed by atoms with Crippen molar-refractivity contribution in [3.8, 4) is 5.75 Å². The molecule has 7 nitrogen and oxygen atoms in total. The quantitative estimate of drug-likeness (QED) is 0.314. The molecule has 32 heavy (non-hydrogen) atoms. The molecule has 0 aliphatic carbocycles. The molecule has 0 spiro atoms. The Kier molecular flexibility index (Phi) is 5.81. The van der Waals surface area contributed by atoms with E-state index in [4.69, 9.17) is 18.4 Å². The van der Waals surface area contributed by atoms with Gasteiger partial charge in [-0.15, -0.1) is 0 Å². The van der Waals surface area contributed by atoms with Gasteiger partial charge in [-0.1, -0.05) is 5.16 Å². The third kappa shape index (κ3) is 4.42. The van der Waals surface area contributed by atoms with Crippen LogP contribution in [-0.4, -0.2) is 11.1 Å². The van der Waals surface area contributed by atoms with Gasteiger partial charge in [0, 0.05) is 17.0 Å². The van der Waals surface area contributed by atoms with Crippen LogP contribution in [0.2, 0.25) is 0 Å². The van der Waals surface area contributed by atoms with Crippen molar-refractivity contribution in [1.82, 2.24) is 5.16 Å². The number of aryl methyl sites for hydroxylation is 4. The molecular weight excluding hydrogens is 410 g/mol. The second kappa shape index (κ2) is 8.70. The molecular formula is C25H23NO6. The second-order valence-electron chi connectivity index (χ2n) is 7.72. The van der Waals surface area contributed by atoms with Crippen LogP contribution in [0.1, 0.15) is 44.1 Å². The number of aromatic nitrogens is 1. The maximum Gasteiger partial charge on any atom is 0.338 e. The number of nitrogens with zero attached hydrogens (tertiary/aromatic N) is 1. The first-order chi connectivity index (χ1) is 15.3. The van der Waals surface area contributed by atoms with Crippen molar-refractivity contribution in [2.75, 3.05) is 0 Å². The maximum absolute atomic E-state index is 12.5. The molecule has 7 heteroatoms. The van der Waals surface area contributed by atoms with E-state index in [-0.39, 0.29) is 6.61 Å². The number of ether oxygens (including phenoxy) is 2. The Labute approximate surface area is 184 Å². The minimum absolute atomic E-state index is 0.0340. The average Bonchev–Trinajstić information content (AvgIpc) is 3.09. The zero-order valence-electron chi connectivity index (χ0n) is 18.4. The fourth-order valence-corrected chi connectivity index (χ4v) is 3.38. The fourth-order valence-electron chi connectivity index (χ4n) is 3.38. The Morgan fingerprint density at radius 1 is 0.969 bits per heavy atom. The zero-order chi connectivity index (χ0) is 22.8. The van der Waals surface area contributed by atoms with Gasteiger partial charge in [0.15, 0.2) is 0 Å². The highest BCUT2D eigenvalue weighted by Gasteiger charge is 2.13. The fraction of sp³-hybridized carbons (Fsp3) is 0.240. The van der Waals surface area contributed by atoms with Gasteiger partial charge in [0.1, 0.15) is 30.3 Å². The summed E-state index contributed by atoms with van der Waals surface area (Å²) in [4.78, 5) is 24.4. The lowest BCUT2D eigenvalue weighted by Gasteiger charge is -2.10. The summed E-state index contributed by atoms with van der Waals surface area (Å²) in [6, 6.07) is 11.8. The molecule has 0 aliphatic heterocycles. The summed E-state index contributed by atoms with van der Waals surface area (Å²) in [5, 5.41) is 4.66. The molecule has 0 saturated heterocycles. The van der Waals surface area contributed by atoms with E-state index < -0.39 is 11.6 Å².